The number of hydrogen-bond donors (Lipinski definition) is 1. The molecule has 8 heteroatoms. The summed E-state index contributed by atoms with van der Waals surface area (Å²) in [5.74, 6) is 0.562. The molecule has 0 spiro atoms. The van der Waals surface area contributed by atoms with Gasteiger partial charge in [-0.15, -0.1) is 0 Å². The molecule has 0 bridgehead atoms. The summed E-state index contributed by atoms with van der Waals surface area (Å²) < 4.78 is 37.8. The van der Waals surface area contributed by atoms with Crippen molar-refractivity contribution >= 4 is 27.3 Å². The fourth-order valence-electron chi connectivity index (χ4n) is 3.04. The predicted molar refractivity (Wildman–Crippen MR) is 121 cm³/mol. The van der Waals surface area contributed by atoms with Crippen LogP contribution in [0.1, 0.15) is 15.9 Å². The number of hydrogen-bond acceptors (Lipinski definition) is 5. The maximum Gasteiger partial charge on any atom is 0.264 e. The third-order valence-electron chi connectivity index (χ3n) is 4.76. The van der Waals surface area contributed by atoms with Gasteiger partial charge in [-0.25, -0.2) is 8.42 Å². The van der Waals surface area contributed by atoms with Crippen molar-refractivity contribution in [3.8, 4) is 11.5 Å². The Hall–Kier alpha value is -3.52. The molecule has 1 amide bonds. The van der Waals surface area contributed by atoms with Gasteiger partial charge in [0.05, 0.1) is 24.8 Å². The Balaban J connectivity index is 1.86. The number of rotatable bonds is 7. The molecule has 0 aliphatic rings. The van der Waals surface area contributed by atoms with E-state index in [1.165, 1.54) is 37.7 Å². The van der Waals surface area contributed by atoms with E-state index in [4.69, 9.17) is 9.47 Å². The quantitative estimate of drug-likeness (QED) is 0.598. The minimum Gasteiger partial charge on any atom is -0.493 e. The van der Waals surface area contributed by atoms with Gasteiger partial charge in [-0.05, 0) is 55.0 Å². The van der Waals surface area contributed by atoms with E-state index >= 15 is 0 Å². The van der Waals surface area contributed by atoms with Crippen molar-refractivity contribution in [1.29, 1.82) is 0 Å². The first-order valence-corrected chi connectivity index (χ1v) is 10.9. The molecular weight excluding hydrogens is 416 g/mol. The summed E-state index contributed by atoms with van der Waals surface area (Å²) in [7, 11) is 0.672. The highest BCUT2D eigenvalue weighted by molar-refractivity contribution is 7.92. The van der Waals surface area contributed by atoms with Crippen LogP contribution < -0.4 is 19.1 Å². The molecule has 0 fully saturated rings. The lowest BCUT2D eigenvalue weighted by Gasteiger charge is -2.20. The van der Waals surface area contributed by atoms with E-state index in [0.717, 1.165) is 5.56 Å². The molecule has 0 heterocycles. The summed E-state index contributed by atoms with van der Waals surface area (Å²) in [6.45, 7) is 1.89. The number of carbonyl (C=O) groups is 1. The zero-order valence-corrected chi connectivity index (χ0v) is 18.6. The van der Waals surface area contributed by atoms with Gasteiger partial charge >= 0.3 is 0 Å². The van der Waals surface area contributed by atoms with Gasteiger partial charge in [0, 0.05) is 24.4 Å². The minimum absolute atomic E-state index is 0.0245. The standard InChI is InChI=1S/C23H24N2O5S/c1-16-7-5-9-19(13-16)25(2)31(27,28)20-10-6-8-17(14-20)23(26)24-18-11-12-21(29-3)22(15-18)30-4/h5-15H,1-4H3,(H,24,26). The Labute approximate surface area is 182 Å². The molecule has 0 saturated heterocycles. The second-order valence-electron chi connectivity index (χ2n) is 6.86. The van der Waals surface area contributed by atoms with Gasteiger partial charge in [0.2, 0.25) is 0 Å². The number of amides is 1. The van der Waals surface area contributed by atoms with Gasteiger partial charge in [-0.2, -0.15) is 0 Å². The molecule has 162 valence electrons. The van der Waals surface area contributed by atoms with E-state index in [1.54, 1.807) is 48.5 Å². The van der Waals surface area contributed by atoms with Gasteiger partial charge in [-0.3, -0.25) is 9.10 Å². The molecule has 3 aromatic carbocycles. The third-order valence-corrected chi connectivity index (χ3v) is 6.54. The average molecular weight is 441 g/mol. The third kappa shape index (κ3) is 4.80. The van der Waals surface area contributed by atoms with Crippen LogP contribution in [0.2, 0.25) is 0 Å². The van der Waals surface area contributed by atoms with E-state index < -0.39 is 15.9 Å². The fourth-order valence-corrected chi connectivity index (χ4v) is 4.27. The number of anilines is 2. The summed E-state index contributed by atoms with van der Waals surface area (Å²) in [4.78, 5) is 12.8. The van der Waals surface area contributed by atoms with Crippen molar-refractivity contribution in [2.45, 2.75) is 11.8 Å². The molecule has 0 aromatic heterocycles. The average Bonchev–Trinajstić information content (AvgIpc) is 2.78. The number of aryl methyl sites for hydroxylation is 1. The summed E-state index contributed by atoms with van der Waals surface area (Å²) in [6, 6.07) is 18.1. The van der Waals surface area contributed by atoms with Gasteiger partial charge in [-0.1, -0.05) is 18.2 Å². The maximum absolute atomic E-state index is 13.1. The first-order chi connectivity index (χ1) is 14.8. The molecular formula is C23H24N2O5S. The second kappa shape index (κ2) is 9.09. The van der Waals surface area contributed by atoms with Gasteiger partial charge in [0.1, 0.15) is 0 Å². The summed E-state index contributed by atoms with van der Waals surface area (Å²) in [5, 5.41) is 2.75. The molecule has 0 atom stereocenters. The molecule has 0 radical (unpaired) electrons. The highest BCUT2D eigenvalue weighted by Crippen LogP contribution is 2.30. The van der Waals surface area contributed by atoms with Crippen LogP contribution >= 0.6 is 0 Å². The van der Waals surface area contributed by atoms with E-state index in [0.29, 0.717) is 22.9 Å². The molecule has 3 aromatic rings. The van der Waals surface area contributed by atoms with Crippen LogP contribution in [0.3, 0.4) is 0 Å². The monoisotopic (exact) mass is 440 g/mol. The van der Waals surface area contributed by atoms with Crippen molar-refractivity contribution in [2.75, 3.05) is 30.9 Å². The van der Waals surface area contributed by atoms with Crippen molar-refractivity contribution in [3.05, 3.63) is 77.9 Å². The molecule has 0 saturated carbocycles. The zero-order chi connectivity index (χ0) is 22.6. The van der Waals surface area contributed by atoms with Crippen LogP contribution in [-0.2, 0) is 10.0 Å². The molecule has 0 unspecified atom stereocenters. The van der Waals surface area contributed by atoms with Crippen LogP contribution in [0.4, 0.5) is 11.4 Å². The molecule has 3 rings (SSSR count). The highest BCUT2D eigenvalue weighted by atomic mass is 32.2. The van der Waals surface area contributed by atoms with E-state index in [9.17, 15) is 13.2 Å². The maximum atomic E-state index is 13.1. The van der Waals surface area contributed by atoms with Crippen LogP contribution in [0.5, 0.6) is 11.5 Å². The number of carbonyl (C=O) groups excluding carboxylic acids is 1. The number of nitrogens with one attached hydrogen (secondary N) is 1. The summed E-state index contributed by atoms with van der Waals surface area (Å²) in [6.07, 6.45) is 0. The van der Waals surface area contributed by atoms with Crippen LogP contribution in [0.15, 0.2) is 71.6 Å². The summed E-state index contributed by atoms with van der Waals surface area (Å²) in [5.41, 5.74) is 2.20. The van der Waals surface area contributed by atoms with Crippen molar-refractivity contribution < 1.29 is 22.7 Å². The Bertz CT molecular complexity index is 1210. The lowest BCUT2D eigenvalue weighted by molar-refractivity contribution is 0.102. The number of ether oxygens (including phenoxy) is 2. The van der Waals surface area contributed by atoms with Crippen LogP contribution in [0, 0.1) is 6.92 Å². The number of nitrogens with zero attached hydrogens (tertiary/aromatic N) is 1. The minimum atomic E-state index is -3.84. The Kier molecular flexibility index (Phi) is 6.50. The fraction of sp³-hybridized carbons (Fsp3) is 0.174. The number of benzene rings is 3. The van der Waals surface area contributed by atoms with Crippen LogP contribution in [0.25, 0.3) is 0 Å². The zero-order valence-electron chi connectivity index (χ0n) is 17.7. The van der Waals surface area contributed by atoms with E-state index in [2.05, 4.69) is 5.32 Å². The van der Waals surface area contributed by atoms with Gasteiger partial charge in [0.25, 0.3) is 15.9 Å². The predicted octanol–water partition coefficient (Wildman–Crippen LogP) is 4.09. The van der Waals surface area contributed by atoms with Gasteiger partial charge < -0.3 is 14.8 Å². The Morgan fingerprint density at radius 3 is 2.29 bits per heavy atom. The first-order valence-electron chi connectivity index (χ1n) is 9.45. The Morgan fingerprint density at radius 2 is 1.61 bits per heavy atom. The lowest BCUT2D eigenvalue weighted by atomic mass is 10.2. The molecule has 1 N–H and O–H groups in total. The molecule has 0 aliphatic heterocycles. The highest BCUT2D eigenvalue weighted by Gasteiger charge is 2.22. The SMILES string of the molecule is COc1ccc(NC(=O)c2cccc(S(=O)(=O)N(C)c3cccc(C)c3)c2)cc1OC. The molecule has 7 nitrogen and oxygen atoms in total. The number of sulfonamides is 1. The topological polar surface area (TPSA) is 84.9 Å². The van der Waals surface area contributed by atoms with E-state index in [-0.39, 0.29) is 10.5 Å². The van der Waals surface area contributed by atoms with Crippen molar-refractivity contribution in [3.63, 3.8) is 0 Å². The van der Waals surface area contributed by atoms with Crippen LogP contribution in [-0.4, -0.2) is 35.6 Å². The lowest BCUT2D eigenvalue weighted by Crippen LogP contribution is -2.27. The first kappa shape index (κ1) is 22.2. The Morgan fingerprint density at radius 1 is 0.903 bits per heavy atom. The number of methoxy groups -OCH3 is 2. The smallest absolute Gasteiger partial charge is 0.264 e. The molecule has 0 aliphatic carbocycles. The second-order valence-corrected chi connectivity index (χ2v) is 8.83. The molecule has 31 heavy (non-hydrogen) atoms. The van der Waals surface area contributed by atoms with Crippen molar-refractivity contribution in [1.82, 2.24) is 0 Å². The van der Waals surface area contributed by atoms with Crippen molar-refractivity contribution in [2.24, 2.45) is 0 Å². The van der Waals surface area contributed by atoms with Gasteiger partial charge in [0.15, 0.2) is 11.5 Å². The summed E-state index contributed by atoms with van der Waals surface area (Å²) >= 11 is 0. The largest absolute Gasteiger partial charge is 0.493 e. The normalized spacial score (nSPS) is 11.0. The van der Waals surface area contributed by atoms with E-state index in [1.807, 2.05) is 13.0 Å².